The lowest BCUT2D eigenvalue weighted by atomic mass is 9.82. The van der Waals surface area contributed by atoms with Crippen LogP contribution in [0.15, 0.2) is 29.3 Å². The first-order valence-electron chi connectivity index (χ1n) is 11.2. The second-order valence-electron chi connectivity index (χ2n) is 8.74. The third-order valence-electron chi connectivity index (χ3n) is 6.95. The minimum absolute atomic E-state index is 0. The Balaban J connectivity index is 0.00000256. The number of piperidine rings is 2. The molecule has 6 nitrogen and oxygen atoms in total. The van der Waals surface area contributed by atoms with Gasteiger partial charge in [-0.1, -0.05) is 24.6 Å². The molecule has 2 fully saturated rings. The van der Waals surface area contributed by atoms with Crippen molar-refractivity contribution in [3.63, 3.8) is 0 Å². The summed E-state index contributed by atoms with van der Waals surface area (Å²) in [5, 5.41) is 7.04. The van der Waals surface area contributed by atoms with Crippen LogP contribution in [0.3, 0.4) is 0 Å². The second-order valence-corrected chi connectivity index (χ2v) is 8.74. The number of anilines is 1. The van der Waals surface area contributed by atoms with E-state index in [1.807, 2.05) is 24.1 Å². The number of benzene rings is 1. The summed E-state index contributed by atoms with van der Waals surface area (Å²) in [7, 11) is 4.12. The average molecular weight is 525 g/mol. The Hall–Kier alpha value is -1.35. The molecule has 30 heavy (non-hydrogen) atoms. The maximum Gasteiger partial charge on any atom is 0.227 e. The Kier molecular flexibility index (Phi) is 8.39. The highest BCUT2D eigenvalue weighted by molar-refractivity contribution is 14.0. The molecule has 2 atom stereocenters. The minimum atomic E-state index is 0. The van der Waals surface area contributed by atoms with Gasteiger partial charge < -0.3 is 20.4 Å². The number of aliphatic imine (C=N–C) groups is 1. The van der Waals surface area contributed by atoms with Crippen LogP contribution >= 0.6 is 24.0 Å². The number of carbonyl (C=O) groups is 1. The zero-order chi connectivity index (χ0) is 20.2. The fraction of sp³-hybridized carbons (Fsp3) is 0.652. The van der Waals surface area contributed by atoms with Crippen molar-refractivity contribution < 1.29 is 4.79 Å². The number of nitrogens with zero attached hydrogens (tertiary/aromatic N) is 3. The predicted molar refractivity (Wildman–Crippen MR) is 134 cm³/mol. The maximum absolute atomic E-state index is 12.6. The SMILES string of the molecule is CN=C(NCCCC(=O)N1CCc2ccccc21)NC1CC2CCCC(C1)N2C.I. The van der Waals surface area contributed by atoms with E-state index in [4.69, 9.17) is 0 Å². The lowest BCUT2D eigenvalue weighted by Gasteiger charge is -2.47. The van der Waals surface area contributed by atoms with E-state index >= 15 is 0 Å². The molecule has 0 spiro atoms. The van der Waals surface area contributed by atoms with Crippen molar-refractivity contribution >= 4 is 41.5 Å². The van der Waals surface area contributed by atoms with Crippen LogP contribution in [0.4, 0.5) is 5.69 Å². The summed E-state index contributed by atoms with van der Waals surface area (Å²) < 4.78 is 0. The molecule has 7 heteroatoms. The van der Waals surface area contributed by atoms with E-state index < -0.39 is 0 Å². The van der Waals surface area contributed by atoms with Gasteiger partial charge in [0, 0.05) is 50.4 Å². The summed E-state index contributed by atoms with van der Waals surface area (Å²) in [4.78, 5) is 21.6. The molecule has 0 radical (unpaired) electrons. The molecule has 1 amide bonds. The van der Waals surface area contributed by atoms with E-state index in [9.17, 15) is 4.79 Å². The molecule has 2 saturated heterocycles. The predicted octanol–water partition coefficient (Wildman–Crippen LogP) is 3.15. The highest BCUT2D eigenvalue weighted by atomic mass is 127. The smallest absolute Gasteiger partial charge is 0.227 e. The highest BCUT2D eigenvalue weighted by Crippen LogP contribution is 2.32. The van der Waals surface area contributed by atoms with Crippen LogP contribution in [0, 0.1) is 0 Å². The number of para-hydroxylation sites is 1. The van der Waals surface area contributed by atoms with Crippen LogP contribution in [0.25, 0.3) is 0 Å². The zero-order valence-corrected chi connectivity index (χ0v) is 20.6. The Bertz CT molecular complexity index is 741. The molecule has 0 saturated carbocycles. The fourth-order valence-electron chi connectivity index (χ4n) is 5.30. The quantitative estimate of drug-likeness (QED) is 0.269. The Morgan fingerprint density at radius 3 is 2.67 bits per heavy atom. The van der Waals surface area contributed by atoms with Crippen LogP contribution in [0.2, 0.25) is 0 Å². The van der Waals surface area contributed by atoms with Gasteiger partial charge in [-0.2, -0.15) is 0 Å². The number of amides is 1. The van der Waals surface area contributed by atoms with Crippen molar-refractivity contribution in [3.05, 3.63) is 29.8 Å². The van der Waals surface area contributed by atoms with Crippen LogP contribution in [-0.2, 0) is 11.2 Å². The number of halogens is 1. The van der Waals surface area contributed by atoms with Crippen molar-refractivity contribution in [2.75, 3.05) is 32.1 Å². The molecule has 3 aliphatic rings. The normalized spacial score (nSPS) is 26.0. The summed E-state index contributed by atoms with van der Waals surface area (Å²) in [6, 6.07) is 10.2. The van der Waals surface area contributed by atoms with Crippen LogP contribution in [0.5, 0.6) is 0 Å². The average Bonchev–Trinajstić information content (AvgIpc) is 3.15. The number of fused-ring (bicyclic) bond motifs is 3. The standard InChI is InChI=1S/C23H35N5O.HI/c1-24-23(26-18-15-19-8-5-9-20(16-18)27(19)2)25-13-6-11-22(29)28-14-12-17-7-3-4-10-21(17)28;/h3-4,7,10,18-20H,5-6,8-9,11-16H2,1-2H3,(H2,24,25,26);1H. The van der Waals surface area contributed by atoms with Gasteiger partial charge in [0.15, 0.2) is 5.96 Å². The Labute approximate surface area is 197 Å². The Morgan fingerprint density at radius 2 is 1.93 bits per heavy atom. The largest absolute Gasteiger partial charge is 0.356 e. The van der Waals surface area contributed by atoms with Gasteiger partial charge in [0.2, 0.25) is 5.91 Å². The lowest BCUT2D eigenvalue weighted by molar-refractivity contribution is -0.118. The summed E-state index contributed by atoms with van der Waals surface area (Å²) in [6.45, 7) is 1.58. The number of nitrogens with one attached hydrogen (secondary N) is 2. The van der Waals surface area contributed by atoms with Crippen molar-refractivity contribution in [2.24, 2.45) is 4.99 Å². The first-order chi connectivity index (χ1) is 14.2. The van der Waals surface area contributed by atoms with E-state index in [1.54, 1.807) is 0 Å². The molecule has 1 aromatic rings. The first kappa shape index (κ1) is 23.3. The van der Waals surface area contributed by atoms with E-state index in [-0.39, 0.29) is 29.9 Å². The minimum Gasteiger partial charge on any atom is -0.356 e. The van der Waals surface area contributed by atoms with Gasteiger partial charge in [0.05, 0.1) is 0 Å². The van der Waals surface area contributed by atoms with E-state index in [0.717, 1.165) is 37.6 Å². The van der Waals surface area contributed by atoms with Gasteiger partial charge in [0.1, 0.15) is 0 Å². The van der Waals surface area contributed by atoms with Gasteiger partial charge in [0.25, 0.3) is 0 Å². The van der Waals surface area contributed by atoms with Gasteiger partial charge in [-0.25, -0.2) is 0 Å². The molecule has 4 rings (SSSR count). The number of guanidine groups is 1. The highest BCUT2D eigenvalue weighted by Gasteiger charge is 2.36. The summed E-state index contributed by atoms with van der Waals surface area (Å²) >= 11 is 0. The van der Waals surface area contributed by atoms with Crippen molar-refractivity contribution in [3.8, 4) is 0 Å². The Morgan fingerprint density at radius 1 is 1.20 bits per heavy atom. The zero-order valence-electron chi connectivity index (χ0n) is 18.3. The molecule has 3 heterocycles. The molecular formula is C23H36IN5O. The van der Waals surface area contributed by atoms with Gasteiger partial charge >= 0.3 is 0 Å². The number of hydrogen-bond donors (Lipinski definition) is 2. The van der Waals surface area contributed by atoms with Gasteiger partial charge in [-0.3, -0.25) is 9.79 Å². The number of rotatable bonds is 5. The summed E-state index contributed by atoms with van der Waals surface area (Å²) in [5.41, 5.74) is 2.38. The lowest BCUT2D eigenvalue weighted by Crippen LogP contribution is -2.56. The van der Waals surface area contributed by atoms with E-state index in [0.29, 0.717) is 24.5 Å². The second kappa shape index (κ2) is 10.8. The molecule has 2 N–H and O–H groups in total. The molecule has 1 aromatic carbocycles. The molecular weight excluding hydrogens is 489 g/mol. The fourth-order valence-corrected chi connectivity index (χ4v) is 5.30. The monoisotopic (exact) mass is 525 g/mol. The summed E-state index contributed by atoms with van der Waals surface area (Å²) in [5.74, 6) is 1.10. The molecule has 3 aliphatic heterocycles. The van der Waals surface area contributed by atoms with Crippen LogP contribution in [-0.4, -0.2) is 62.1 Å². The summed E-state index contributed by atoms with van der Waals surface area (Å²) in [6.07, 6.45) is 8.75. The molecule has 0 aromatic heterocycles. The van der Waals surface area contributed by atoms with Crippen LogP contribution in [0.1, 0.15) is 50.5 Å². The van der Waals surface area contributed by atoms with Crippen molar-refractivity contribution in [2.45, 2.75) is 69.5 Å². The molecule has 2 bridgehead atoms. The molecule has 2 unspecified atom stereocenters. The molecule has 0 aliphatic carbocycles. The van der Waals surface area contributed by atoms with Crippen molar-refractivity contribution in [1.29, 1.82) is 0 Å². The third-order valence-corrected chi connectivity index (χ3v) is 6.95. The topological polar surface area (TPSA) is 60.0 Å². The van der Waals surface area contributed by atoms with E-state index in [2.05, 4.69) is 39.7 Å². The third kappa shape index (κ3) is 5.28. The van der Waals surface area contributed by atoms with Gasteiger partial charge in [-0.05, 0) is 57.2 Å². The van der Waals surface area contributed by atoms with E-state index in [1.165, 1.54) is 37.7 Å². The van der Waals surface area contributed by atoms with Crippen molar-refractivity contribution in [1.82, 2.24) is 15.5 Å². The number of hydrogen-bond acceptors (Lipinski definition) is 3. The maximum atomic E-state index is 12.6. The van der Waals surface area contributed by atoms with Gasteiger partial charge in [-0.15, -0.1) is 24.0 Å². The first-order valence-corrected chi connectivity index (χ1v) is 11.2. The molecule has 166 valence electrons. The number of carbonyl (C=O) groups excluding carboxylic acids is 1. The van der Waals surface area contributed by atoms with Crippen LogP contribution < -0.4 is 15.5 Å².